The summed E-state index contributed by atoms with van der Waals surface area (Å²) >= 11 is 0. The molecule has 1 aliphatic heterocycles. The highest BCUT2D eigenvalue weighted by molar-refractivity contribution is 5.72. The molecule has 1 unspecified atom stereocenters. The number of ether oxygens (including phenoxy) is 1. The Morgan fingerprint density at radius 3 is 2.86 bits per heavy atom. The fourth-order valence-corrected chi connectivity index (χ4v) is 2.63. The van der Waals surface area contributed by atoms with Gasteiger partial charge in [0, 0.05) is 36.5 Å². The first kappa shape index (κ1) is 13.3. The Morgan fingerprint density at radius 1 is 1.18 bits per heavy atom. The number of pyridine rings is 1. The molecule has 1 atom stereocenters. The van der Waals surface area contributed by atoms with Gasteiger partial charge in [0.15, 0.2) is 0 Å². The van der Waals surface area contributed by atoms with Crippen molar-refractivity contribution in [3.63, 3.8) is 0 Å². The van der Waals surface area contributed by atoms with Crippen LogP contribution < -0.4 is 5.32 Å². The fraction of sp³-hybridized carbons (Fsp3) is 0.294. The molecular formula is C17H17N3O2. The summed E-state index contributed by atoms with van der Waals surface area (Å²) in [6.07, 6.45) is 2.85. The number of nitrogens with one attached hydrogen (secondary N) is 1. The average Bonchev–Trinajstić information content (AvgIpc) is 3.22. The van der Waals surface area contributed by atoms with Gasteiger partial charge in [0.1, 0.15) is 5.52 Å². The van der Waals surface area contributed by atoms with E-state index < -0.39 is 0 Å². The number of benzene rings is 1. The molecule has 1 aliphatic rings. The summed E-state index contributed by atoms with van der Waals surface area (Å²) in [6, 6.07) is 11.9. The molecule has 0 amide bonds. The molecule has 5 heteroatoms. The molecule has 0 aliphatic carbocycles. The molecule has 0 saturated carbocycles. The topological polar surface area (TPSA) is 60.2 Å². The summed E-state index contributed by atoms with van der Waals surface area (Å²) in [7, 11) is 0. The normalized spacial score (nSPS) is 17.9. The Labute approximate surface area is 128 Å². The van der Waals surface area contributed by atoms with Crippen molar-refractivity contribution in [1.29, 1.82) is 0 Å². The molecule has 0 spiro atoms. The largest absolute Gasteiger partial charge is 0.418 e. The van der Waals surface area contributed by atoms with E-state index in [0.717, 1.165) is 42.9 Å². The molecule has 3 aromatic rings. The first-order valence-corrected chi connectivity index (χ1v) is 7.52. The molecule has 1 N–H and O–H groups in total. The van der Waals surface area contributed by atoms with E-state index in [4.69, 9.17) is 9.15 Å². The molecule has 5 nitrogen and oxygen atoms in total. The number of anilines is 1. The molecule has 1 aromatic carbocycles. The Kier molecular flexibility index (Phi) is 3.48. The van der Waals surface area contributed by atoms with E-state index in [9.17, 15) is 0 Å². The van der Waals surface area contributed by atoms with E-state index in [2.05, 4.69) is 15.3 Å². The number of hydrogen-bond acceptors (Lipinski definition) is 5. The number of rotatable bonds is 4. The molecular weight excluding hydrogens is 278 g/mol. The molecule has 2 aromatic heterocycles. The minimum Gasteiger partial charge on any atom is -0.418 e. The van der Waals surface area contributed by atoms with Crippen LogP contribution in [0.1, 0.15) is 6.42 Å². The summed E-state index contributed by atoms with van der Waals surface area (Å²) in [4.78, 5) is 8.62. The van der Waals surface area contributed by atoms with E-state index in [-0.39, 0.29) is 0 Å². The standard InChI is InChI=1S/C17H17N3O2/c1-2-15-17(18-8-1)22-16(20-15)13-3-5-14(6-4-13)19-10-12-7-9-21-11-12/h1-6,8,12,19H,7,9-11H2. The summed E-state index contributed by atoms with van der Waals surface area (Å²) in [5.41, 5.74) is 3.40. The van der Waals surface area contributed by atoms with Gasteiger partial charge in [-0.15, -0.1) is 0 Å². The molecule has 0 bridgehead atoms. The van der Waals surface area contributed by atoms with Crippen LogP contribution in [0, 0.1) is 5.92 Å². The summed E-state index contributed by atoms with van der Waals surface area (Å²) in [5.74, 6) is 1.22. The zero-order valence-electron chi connectivity index (χ0n) is 12.2. The molecule has 112 valence electrons. The van der Waals surface area contributed by atoms with E-state index in [0.29, 0.717) is 17.5 Å². The molecule has 4 rings (SSSR count). The van der Waals surface area contributed by atoms with Gasteiger partial charge in [-0.1, -0.05) is 0 Å². The summed E-state index contributed by atoms with van der Waals surface area (Å²) in [5, 5.41) is 3.45. The van der Waals surface area contributed by atoms with E-state index in [1.54, 1.807) is 6.20 Å². The second-order valence-electron chi connectivity index (χ2n) is 5.53. The summed E-state index contributed by atoms with van der Waals surface area (Å²) < 4.78 is 11.1. The van der Waals surface area contributed by atoms with Crippen LogP contribution in [0.15, 0.2) is 47.0 Å². The third kappa shape index (κ3) is 2.67. The first-order chi connectivity index (χ1) is 10.9. The predicted molar refractivity (Wildman–Crippen MR) is 84.7 cm³/mol. The minimum absolute atomic E-state index is 0.570. The van der Waals surface area contributed by atoms with Gasteiger partial charge in [-0.05, 0) is 42.8 Å². The Hall–Kier alpha value is -2.40. The van der Waals surface area contributed by atoms with Gasteiger partial charge < -0.3 is 14.5 Å². The zero-order chi connectivity index (χ0) is 14.8. The lowest BCUT2D eigenvalue weighted by atomic mass is 10.1. The maximum atomic E-state index is 5.68. The quantitative estimate of drug-likeness (QED) is 0.800. The van der Waals surface area contributed by atoms with Crippen LogP contribution in [-0.2, 0) is 4.74 Å². The van der Waals surface area contributed by atoms with Crippen molar-refractivity contribution in [3.05, 3.63) is 42.6 Å². The lowest BCUT2D eigenvalue weighted by Crippen LogP contribution is -2.13. The molecule has 3 heterocycles. The van der Waals surface area contributed by atoms with Crippen LogP contribution in [0.5, 0.6) is 0 Å². The fourth-order valence-electron chi connectivity index (χ4n) is 2.63. The Bertz CT molecular complexity index is 728. The van der Waals surface area contributed by atoms with Crippen LogP contribution in [0.2, 0.25) is 0 Å². The SMILES string of the molecule is c1cnc2oc(-c3ccc(NCC4CCOC4)cc3)nc2c1. The van der Waals surface area contributed by atoms with Crippen molar-refractivity contribution in [2.45, 2.75) is 6.42 Å². The van der Waals surface area contributed by atoms with E-state index in [1.807, 2.05) is 36.4 Å². The highest BCUT2D eigenvalue weighted by Crippen LogP contribution is 2.24. The van der Waals surface area contributed by atoms with E-state index in [1.165, 1.54) is 0 Å². The van der Waals surface area contributed by atoms with Gasteiger partial charge in [0.2, 0.25) is 11.6 Å². The van der Waals surface area contributed by atoms with Crippen LogP contribution in [-0.4, -0.2) is 29.7 Å². The smallest absolute Gasteiger partial charge is 0.247 e. The van der Waals surface area contributed by atoms with Crippen molar-refractivity contribution < 1.29 is 9.15 Å². The summed E-state index contributed by atoms with van der Waals surface area (Å²) in [6.45, 7) is 2.70. The van der Waals surface area contributed by atoms with Crippen molar-refractivity contribution in [2.24, 2.45) is 5.92 Å². The van der Waals surface area contributed by atoms with Crippen LogP contribution in [0.25, 0.3) is 22.7 Å². The number of hydrogen-bond donors (Lipinski definition) is 1. The molecule has 0 radical (unpaired) electrons. The molecule has 1 fully saturated rings. The van der Waals surface area contributed by atoms with Crippen LogP contribution in [0.3, 0.4) is 0 Å². The van der Waals surface area contributed by atoms with Gasteiger partial charge in [-0.2, -0.15) is 0 Å². The lowest BCUT2D eigenvalue weighted by Gasteiger charge is -2.10. The Balaban J connectivity index is 1.48. The predicted octanol–water partition coefficient (Wildman–Crippen LogP) is 3.34. The van der Waals surface area contributed by atoms with Crippen molar-refractivity contribution >= 4 is 16.9 Å². The maximum absolute atomic E-state index is 5.68. The number of nitrogens with zero attached hydrogens (tertiary/aromatic N) is 2. The van der Waals surface area contributed by atoms with Crippen molar-refractivity contribution in [1.82, 2.24) is 9.97 Å². The third-order valence-electron chi connectivity index (χ3n) is 3.92. The average molecular weight is 295 g/mol. The van der Waals surface area contributed by atoms with Crippen molar-refractivity contribution in [2.75, 3.05) is 25.1 Å². The first-order valence-electron chi connectivity index (χ1n) is 7.52. The number of aromatic nitrogens is 2. The third-order valence-corrected chi connectivity index (χ3v) is 3.92. The minimum atomic E-state index is 0.570. The number of oxazole rings is 1. The van der Waals surface area contributed by atoms with E-state index >= 15 is 0 Å². The molecule has 1 saturated heterocycles. The Morgan fingerprint density at radius 2 is 2.09 bits per heavy atom. The van der Waals surface area contributed by atoms with Gasteiger partial charge in [-0.3, -0.25) is 0 Å². The second-order valence-corrected chi connectivity index (χ2v) is 5.53. The molecule has 22 heavy (non-hydrogen) atoms. The monoisotopic (exact) mass is 295 g/mol. The van der Waals surface area contributed by atoms with Gasteiger partial charge in [0.25, 0.3) is 0 Å². The van der Waals surface area contributed by atoms with Crippen molar-refractivity contribution in [3.8, 4) is 11.5 Å². The second kappa shape index (κ2) is 5.77. The van der Waals surface area contributed by atoms with Crippen LogP contribution in [0.4, 0.5) is 5.69 Å². The van der Waals surface area contributed by atoms with Gasteiger partial charge in [-0.25, -0.2) is 9.97 Å². The van der Waals surface area contributed by atoms with Crippen LogP contribution >= 0.6 is 0 Å². The zero-order valence-corrected chi connectivity index (χ0v) is 12.2. The van der Waals surface area contributed by atoms with Gasteiger partial charge >= 0.3 is 0 Å². The lowest BCUT2D eigenvalue weighted by molar-refractivity contribution is 0.187. The maximum Gasteiger partial charge on any atom is 0.247 e. The van der Waals surface area contributed by atoms with Gasteiger partial charge in [0.05, 0.1) is 6.61 Å². The highest BCUT2D eigenvalue weighted by atomic mass is 16.5. The number of fused-ring (bicyclic) bond motifs is 1. The highest BCUT2D eigenvalue weighted by Gasteiger charge is 2.15.